The van der Waals surface area contributed by atoms with E-state index in [1.165, 1.54) is 128 Å². The largest absolute Gasteiger partial charge is 0.494 e. The van der Waals surface area contributed by atoms with Crippen LogP contribution in [-0.2, 0) is 9.59 Å². The van der Waals surface area contributed by atoms with Crippen molar-refractivity contribution >= 4 is 46.8 Å². The molecule has 436 valence electrons. The van der Waals surface area contributed by atoms with Gasteiger partial charge >= 0.3 is 23.9 Å². The fourth-order valence-corrected chi connectivity index (χ4v) is 9.66. The highest BCUT2D eigenvalue weighted by Gasteiger charge is 2.17. The van der Waals surface area contributed by atoms with E-state index in [0.29, 0.717) is 52.4 Å². The lowest BCUT2D eigenvalue weighted by Gasteiger charge is -2.11. The number of benzene rings is 6. The summed E-state index contributed by atoms with van der Waals surface area (Å²) < 4.78 is 34.9. The molecular weight excluding hydrogens is 1020 g/mol. The Kier molecular flexibility index (Phi) is 27.5. The van der Waals surface area contributed by atoms with Gasteiger partial charge in [-0.2, -0.15) is 0 Å². The van der Waals surface area contributed by atoms with Crippen LogP contribution in [0.25, 0.3) is 22.9 Å². The molecule has 0 fully saturated rings. The second-order valence-electron chi connectivity index (χ2n) is 21.8. The van der Waals surface area contributed by atoms with Gasteiger partial charge in [-0.15, -0.1) is 0 Å². The van der Waals surface area contributed by atoms with Crippen molar-refractivity contribution in [3.63, 3.8) is 0 Å². The fraction of sp³-hybridized carbons (Fsp3) is 0.417. The number of hydrogen-bond donors (Lipinski definition) is 0. The highest BCUT2D eigenvalue weighted by molar-refractivity contribution is 5.97. The summed E-state index contributed by atoms with van der Waals surface area (Å²) in [6, 6.07) is 35.2. The van der Waals surface area contributed by atoms with Crippen LogP contribution in [0.5, 0.6) is 34.5 Å². The predicted octanol–water partition coefficient (Wildman–Crippen LogP) is 19.3. The Morgan fingerprint density at radius 2 is 0.683 bits per heavy atom. The van der Waals surface area contributed by atoms with Gasteiger partial charge in [0.15, 0.2) is 0 Å². The molecule has 6 aromatic rings. The predicted molar refractivity (Wildman–Crippen MR) is 332 cm³/mol. The number of esters is 4. The van der Waals surface area contributed by atoms with Crippen molar-refractivity contribution in [3.8, 4) is 34.5 Å². The molecule has 0 N–H and O–H groups in total. The highest BCUT2D eigenvalue weighted by atomic mass is 16.5. The van der Waals surface area contributed by atoms with Crippen LogP contribution in [0.15, 0.2) is 132 Å². The molecule has 0 amide bonds. The lowest BCUT2D eigenvalue weighted by Crippen LogP contribution is -2.12. The van der Waals surface area contributed by atoms with Crippen molar-refractivity contribution in [1.82, 2.24) is 0 Å². The zero-order chi connectivity index (χ0) is 58.3. The van der Waals surface area contributed by atoms with E-state index in [4.69, 9.17) is 28.4 Å². The Balaban J connectivity index is 0.911. The second kappa shape index (κ2) is 35.4. The maximum Gasteiger partial charge on any atom is 0.343 e. The summed E-state index contributed by atoms with van der Waals surface area (Å²) in [6.07, 6.45) is 32.0. The molecule has 0 saturated heterocycles. The van der Waals surface area contributed by atoms with Crippen molar-refractivity contribution in [2.24, 2.45) is 0 Å². The Hall–Kier alpha value is -7.46. The van der Waals surface area contributed by atoms with Gasteiger partial charge in [-0.25, -0.2) is 19.2 Å². The number of unbranched alkanes of at least 4 members (excludes halogenated alkanes) is 20. The maximum atomic E-state index is 13.4. The average molecular weight is 1110 g/mol. The van der Waals surface area contributed by atoms with E-state index in [0.717, 1.165) is 40.9 Å². The van der Waals surface area contributed by atoms with Crippen LogP contribution in [0, 0.1) is 13.8 Å². The lowest BCUT2D eigenvalue weighted by atomic mass is 10.1. The first-order valence-corrected chi connectivity index (χ1v) is 30.3. The Labute approximate surface area is 488 Å². The van der Waals surface area contributed by atoms with Crippen molar-refractivity contribution < 1.29 is 47.6 Å². The van der Waals surface area contributed by atoms with Gasteiger partial charge in [0.05, 0.1) is 24.3 Å². The number of carbonyl (C=O) groups is 4. The standard InChI is InChI=1S/C72H88O10/c1-7-9-11-13-15-17-19-21-23-25-27-45-77-63-37-29-57(30-38-63)47-55(5)69(73)81-67-43-35-60(49-53(67)3)71(75)79-65-41-33-59-34-42-66(52-62(59)51-65)80-72(76)61-36-44-68(54(4)50-61)82-70(74)56(6)48-58-31-39-64(40-32-58)78-46-28-26-24-22-20-18-16-14-12-10-8-2/h29-44,47-52H,7-28,45-46H2,1-6H3/b55-47+,56-48+. The summed E-state index contributed by atoms with van der Waals surface area (Å²) in [7, 11) is 0. The van der Waals surface area contributed by atoms with Crippen LogP contribution in [0.4, 0.5) is 0 Å². The first-order valence-electron chi connectivity index (χ1n) is 30.3. The van der Waals surface area contributed by atoms with Crippen LogP contribution in [-0.4, -0.2) is 37.1 Å². The van der Waals surface area contributed by atoms with E-state index < -0.39 is 23.9 Å². The van der Waals surface area contributed by atoms with Gasteiger partial charge in [0.2, 0.25) is 0 Å². The second-order valence-corrected chi connectivity index (χ2v) is 21.8. The Morgan fingerprint density at radius 3 is 1.02 bits per heavy atom. The van der Waals surface area contributed by atoms with Gasteiger partial charge < -0.3 is 28.4 Å². The zero-order valence-electron chi connectivity index (χ0n) is 49.8. The highest BCUT2D eigenvalue weighted by Crippen LogP contribution is 2.29. The summed E-state index contributed by atoms with van der Waals surface area (Å²) in [5.41, 5.74) is 4.26. The van der Waals surface area contributed by atoms with Gasteiger partial charge in [0.25, 0.3) is 0 Å². The molecule has 0 bridgehead atoms. The minimum absolute atomic E-state index is 0.275. The minimum atomic E-state index is -0.596. The number of ether oxygens (including phenoxy) is 6. The molecule has 10 heteroatoms. The van der Waals surface area contributed by atoms with E-state index in [9.17, 15) is 19.2 Å². The number of carbonyl (C=O) groups excluding carboxylic acids is 4. The molecule has 0 radical (unpaired) electrons. The SMILES string of the molecule is CCCCCCCCCCCCCOc1ccc(/C=C(\C)C(=O)Oc2ccc(C(=O)Oc3ccc4ccc(OC(=O)c5ccc(OC(=O)/C(C)=C/c6ccc(OCCCCCCCCCCCCC)cc6)c(C)c5)cc4c3)cc2C)cc1. The number of rotatable bonds is 36. The molecule has 0 aliphatic heterocycles. The van der Waals surface area contributed by atoms with Crippen molar-refractivity contribution in [3.05, 3.63) is 166 Å². The van der Waals surface area contributed by atoms with E-state index in [1.807, 2.05) is 60.7 Å². The maximum absolute atomic E-state index is 13.4. The van der Waals surface area contributed by atoms with Gasteiger partial charge in [-0.05, 0) is 171 Å². The van der Waals surface area contributed by atoms with E-state index >= 15 is 0 Å². The lowest BCUT2D eigenvalue weighted by molar-refractivity contribution is -0.130. The minimum Gasteiger partial charge on any atom is -0.494 e. The molecule has 0 unspecified atom stereocenters. The van der Waals surface area contributed by atoms with Gasteiger partial charge in [0.1, 0.15) is 34.5 Å². The third kappa shape index (κ3) is 22.5. The topological polar surface area (TPSA) is 124 Å². The molecule has 10 nitrogen and oxygen atoms in total. The number of aryl methyl sites for hydroxylation is 2. The van der Waals surface area contributed by atoms with Gasteiger partial charge in [-0.1, -0.05) is 179 Å². The van der Waals surface area contributed by atoms with Crippen molar-refractivity contribution in [2.75, 3.05) is 13.2 Å². The molecule has 82 heavy (non-hydrogen) atoms. The van der Waals surface area contributed by atoms with Gasteiger partial charge in [0, 0.05) is 11.1 Å². The molecule has 0 spiro atoms. The van der Waals surface area contributed by atoms with E-state index in [2.05, 4.69) is 13.8 Å². The normalized spacial score (nSPS) is 11.6. The molecule has 0 atom stereocenters. The first-order chi connectivity index (χ1) is 39.9. The summed E-state index contributed by atoms with van der Waals surface area (Å²) in [6.45, 7) is 12.8. The van der Waals surface area contributed by atoms with Gasteiger partial charge in [-0.3, -0.25) is 0 Å². The van der Waals surface area contributed by atoms with E-state index in [-0.39, 0.29) is 22.6 Å². The molecule has 0 heterocycles. The monoisotopic (exact) mass is 1110 g/mol. The van der Waals surface area contributed by atoms with Crippen LogP contribution >= 0.6 is 0 Å². The number of hydrogen-bond acceptors (Lipinski definition) is 10. The molecule has 6 aromatic carbocycles. The Bertz CT molecular complexity index is 2820. The summed E-state index contributed by atoms with van der Waals surface area (Å²) >= 11 is 0. The zero-order valence-corrected chi connectivity index (χ0v) is 49.8. The van der Waals surface area contributed by atoms with Crippen LogP contribution < -0.4 is 28.4 Å². The summed E-state index contributed by atoms with van der Waals surface area (Å²) in [4.78, 5) is 53.0. The molecule has 6 rings (SSSR count). The fourth-order valence-electron chi connectivity index (χ4n) is 9.66. The molecule has 0 aromatic heterocycles. The van der Waals surface area contributed by atoms with Crippen molar-refractivity contribution in [1.29, 1.82) is 0 Å². The molecule has 0 saturated carbocycles. The van der Waals surface area contributed by atoms with Crippen molar-refractivity contribution in [2.45, 2.75) is 183 Å². The summed E-state index contributed by atoms with van der Waals surface area (Å²) in [5, 5.41) is 1.52. The quantitative estimate of drug-likeness (QED) is 0.0163. The molecule has 0 aliphatic rings. The first kappa shape index (κ1) is 63.7. The summed E-state index contributed by atoms with van der Waals surface area (Å²) in [5.74, 6) is 0.641. The van der Waals surface area contributed by atoms with Crippen LogP contribution in [0.2, 0.25) is 0 Å². The smallest absolute Gasteiger partial charge is 0.343 e. The third-order valence-corrected chi connectivity index (χ3v) is 14.6. The average Bonchev–Trinajstić information content (AvgIpc) is 3.68. The van der Waals surface area contributed by atoms with Crippen LogP contribution in [0.1, 0.15) is 212 Å². The van der Waals surface area contributed by atoms with E-state index in [1.54, 1.807) is 101 Å². The number of fused-ring (bicyclic) bond motifs is 1. The van der Waals surface area contributed by atoms with Crippen LogP contribution in [0.3, 0.4) is 0 Å². The molecular formula is C72H88O10. The Morgan fingerprint density at radius 1 is 0.354 bits per heavy atom. The molecule has 0 aliphatic carbocycles. The third-order valence-electron chi connectivity index (χ3n) is 14.6.